The van der Waals surface area contributed by atoms with Gasteiger partial charge in [0.15, 0.2) is 0 Å². The molecule has 0 bridgehead atoms. The number of hydrogen-bond donors (Lipinski definition) is 1. The SMILES string of the molecule is O=C(C=Cc1ccccc1)ONc1ccc(N=NC(=O)c2cccnc2)cc1. The fourth-order valence-corrected chi connectivity index (χ4v) is 2.12. The van der Waals surface area contributed by atoms with Gasteiger partial charge in [0, 0.05) is 18.5 Å². The quantitative estimate of drug-likeness (QED) is 0.388. The van der Waals surface area contributed by atoms with Gasteiger partial charge in [-0.3, -0.25) is 9.78 Å². The molecule has 1 amide bonds. The van der Waals surface area contributed by atoms with E-state index in [9.17, 15) is 9.59 Å². The molecule has 0 spiro atoms. The molecule has 2 aromatic carbocycles. The molecule has 7 nitrogen and oxygen atoms in total. The molecule has 0 saturated heterocycles. The first-order valence-corrected chi connectivity index (χ1v) is 8.37. The summed E-state index contributed by atoms with van der Waals surface area (Å²) in [5.74, 6) is -1.01. The van der Waals surface area contributed by atoms with E-state index in [-0.39, 0.29) is 0 Å². The van der Waals surface area contributed by atoms with Gasteiger partial charge in [-0.15, -0.1) is 10.2 Å². The van der Waals surface area contributed by atoms with Crippen molar-refractivity contribution in [3.8, 4) is 0 Å². The zero-order valence-corrected chi connectivity index (χ0v) is 14.7. The molecule has 0 saturated carbocycles. The fraction of sp³-hybridized carbons (Fsp3) is 0. The summed E-state index contributed by atoms with van der Waals surface area (Å²) in [6.07, 6.45) is 5.99. The Kier molecular flexibility index (Phi) is 6.35. The second kappa shape index (κ2) is 9.54. The molecule has 0 aliphatic rings. The van der Waals surface area contributed by atoms with Gasteiger partial charge in [-0.05, 0) is 48.0 Å². The fourth-order valence-electron chi connectivity index (χ4n) is 2.12. The largest absolute Gasteiger partial charge is 0.355 e. The zero-order chi connectivity index (χ0) is 19.6. The molecule has 138 valence electrons. The van der Waals surface area contributed by atoms with E-state index in [4.69, 9.17) is 4.84 Å². The number of carbonyl (C=O) groups is 2. The summed E-state index contributed by atoms with van der Waals surface area (Å²) >= 11 is 0. The molecule has 0 fully saturated rings. The summed E-state index contributed by atoms with van der Waals surface area (Å²) in [6.45, 7) is 0. The lowest BCUT2D eigenvalue weighted by Gasteiger charge is -2.04. The molecule has 1 aromatic heterocycles. The molecule has 1 N–H and O–H groups in total. The normalized spacial score (nSPS) is 10.9. The number of nitrogens with one attached hydrogen (secondary N) is 1. The van der Waals surface area contributed by atoms with Crippen LogP contribution in [0.5, 0.6) is 0 Å². The Morgan fingerprint density at radius 3 is 2.46 bits per heavy atom. The lowest BCUT2D eigenvalue weighted by Crippen LogP contribution is -2.07. The van der Waals surface area contributed by atoms with Crippen molar-refractivity contribution < 1.29 is 14.4 Å². The number of aromatic nitrogens is 1. The Morgan fingerprint density at radius 1 is 0.964 bits per heavy atom. The lowest BCUT2D eigenvalue weighted by atomic mass is 10.2. The average molecular weight is 372 g/mol. The number of nitrogens with zero attached hydrogens (tertiary/aromatic N) is 3. The number of pyridine rings is 1. The van der Waals surface area contributed by atoms with Gasteiger partial charge < -0.3 is 4.84 Å². The molecule has 3 rings (SSSR count). The summed E-state index contributed by atoms with van der Waals surface area (Å²) in [6, 6.07) is 19.3. The monoisotopic (exact) mass is 372 g/mol. The maximum absolute atomic E-state index is 11.8. The predicted octanol–water partition coefficient (Wildman–Crippen LogP) is 4.59. The third-order valence-electron chi connectivity index (χ3n) is 3.51. The number of anilines is 1. The van der Waals surface area contributed by atoms with Crippen LogP contribution in [-0.4, -0.2) is 16.9 Å². The van der Waals surface area contributed by atoms with E-state index in [0.29, 0.717) is 16.9 Å². The highest BCUT2D eigenvalue weighted by Crippen LogP contribution is 2.17. The van der Waals surface area contributed by atoms with Crippen LogP contribution in [0, 0.1) is 0 Å². The predicted molar refractivity (Wildman–Crippen MR) is 105 cm³/mol. The zero-order valence-electron chi connectivity index (χ0n) is 14.7. The molecule has 0 aliphatic heterocycles. The summed E-state index contributed by atoms with van der Waals surface area (Å²) in [5, 5.41) is 7.54. The van der Waals surface area contributed by atoms with Crippen molar-refractivity contribution in [3.05, 3.63) is 96.3 Å². The lowest BCUT2D eigenvalue weighted by molar-refractivity contribution is -0.134. The highest BCUT2D eigenvalue weighted by molar-refractivity contribution is 5.94. The molecule has 7 heteroatoms. The topological polar surface area (TPSA) is 93.0 Å². The van der Waals surface area contributed by atoms with Crippen molar-refractivity contribution in [2.24, 2.45) is 10.2 Å². The Balaban J connectivity index is 1.50. The summed E-state index contributed by atoms with van der Waals surface area (Å²) in [7, 11) is 0. The van der Waals surface area contributed by atoms with E-state index < -0.39 is 11.9 Å². The molecular formula is C21H16N4O3. The minimum absolute atomic E-state index is 0.361. The van der Waals surface area contributed by atoms with Gasteiger partial charge in [-0.1, -0.05) is 30.3 Å². The maximum Gasteiger partial charge on any atom is 0.355 e. The molecule has 0 atom stereocenters. The van der Waals surface area contributed by atoms with Crippen LogP contribution in [0.3, 0.4) is 0 Å². The van der Waals surface area contributed by atoms with E-state index in [0.717, 1.165) is 5.56 Å². The first-order valence-electron chi connectivity index (χ1n) is 8.37. The number of rotatable bonds is 6. The van der Waals surface area contributed by atoms with E-state index in [1.54, 1.807) is 48.7 Å². The van der Waals surface area contributed by atoms with Crippen molar-refractivity contribution in [1.82, 2.24) is 4.98 Å². The molecule has 0 radical (unpaired) electrons. The number of carbonyl (C=O) groups excluding carboxylic acids is 2. The standard InChI is InChI=1S/C21H16N4O3/c26-20(13-8-16-5-2-1-3-6-16)28-25-19-11-9-18(10-12-19)23-24-21(27)17-7-4-14-22-15-17/h1-15,25H. The van der Waals surface area contributed by atoms with Gasteiger partial charge in [0.2, 0.25) is 0 Å². The smallest absolute Gasteiger partial charge is 0.339 e. The third kappa shape index (κ3) is 5.70. The minimum atomic E-state index is -0.533. The van der Waals surface area contributed by atoms with Gasteiger partial charge in [-0.25, -0.2) is 10.3 Å². The first kappa shape index (κ1) is 18.7. The van der Waals surface area contributed by atoms with Crippen molar-refractivity contribution in [1.29, 1.82) is 0 Å². The Morgan fingerprint density at radius 2 is 1.75 bits per heavy atom. The first-order chi connectivity index (χ1) is 13.7. The van der Waals surface area contributed by atoms with Crippen LogP contribution in [-0.2, 0) is 9.63 Å². The second-order valence-electron chi connectivity index (χ2n) is 5.56. The van der Waals surface area contributed by atoms with Crippen molar-refractivity contribution in [2.75, 3.05) is 5.48 Å². The van der Waals surface area contributed by atoms with Crippen LogP contribution >= 0.6 is 0 Å². The molecule has 28 heavy (non-hydrogen) atoms. The Bertz CT molecular complexity index is 985. The number of azo groups is 1. The van der Waals surface area contributed by atoms with Gasteiger partial charge in [0.1, 0.15) is 0 Å². The summed E-state index contributed by atoms with van der Waals surface area (Å²) in [5.41, 5.74) is 4.85. The Hall–Kier alpha value is -4.13. The van der Waals surface area contributed by atoms with Gasteiger partial charge >= 0.3 is 5.97 Å². The van der Waals surface area contributed by atoms with Crippen LogP contribution < -0.4 is 5.48 Å². The van der Waals surface area contributed by atoms with Crippen LogP contribution in [0.4, 0.5) is 11.4 Å². The van der Waals surface area contributed by atoms with Crippen molar-refractivity contribution >= 4 is 29.3 Å². The van der Waals surface area contributed by atoms with Gasteiger partial charge in [-0.2, -0.15) is 0 Å². The van der Waals surface area contributed by atoms with E-state index >= 15 is 0 Å². The van der Waals surface area contributed by atoms with Crippen molar-refractivity contribution in [3.63, 3.8) is 0 Å². The number of benzene rings is 2. The molecule has 3 aromatic rings. The van der Waals surface area contributed by atoms with E-state index in [1.165, 1.54) is 12.3 Å². The molecule has 1 heterocycles. The van der Waals surface area contributed by atoms with Crippen molar-refractivity contribution in [2.45, 2.75) is 0 Å². The van der Waals surface area contributed by atoms with E-state index in [1.807, 2.05) is 30.3 Å². The number of hydrogen-bond acceptors (Lipinski definition) is 6. The number of amides is 1. The minimum Gasteiger partial charge on any atom is -0.339 e. The van der Waals surface area contributed by atoms with Crippen LogP contribution in [0.25, 0.3) is 6.08 Å². The Labute approximate surface area is 161 Å². The summed E-state index contributed by atoms with van der Waals surface area (Å²) in [4.78, 5) is 32.4. The van der Waals surface area contributed by atoms with Crippen LogP contribution in [0.15, 0.2) is 95.4 Å². The van der Waals surface area contributed by atoms with Crippen LogP contribution in [0.2, 0.25) is 0 Å². The average Bonchev–Trinajstić information content (AvgIpc) is 2.76. The highest BCUT2D eigenvalue weighted by atomic mass is 16.7. The van der Waals surface area contributed by atoms with Gasteiger partial charge in [0.05, 0.1) is 16.9 Å². The third-order valence-corrected chi connectivity index (χ3v) is 3.51. The van der Waals surface area contributed by atoms with E-state index in [2.05, 4.69) is 20.7 Å². The molecular weight excluding hydrogens is 356 g/mol. The molecule has 0 aliphatic carbocycles. The molecule has 0 unspecified atom stereocenters. The maximum atomic E-state index is 11.8. The summed E-state index contributed by atoms with van der Waals surface area (Å²) < 4.78 is 0. The van der Waals surface area contributed by atoms with Gasteiger partial charge in [0.25, 0.3) is 5.91 Å². The van der Waals surface area contributed by atoms with Crippen LogP contribution in [0.1, 0.15) is 15.9 Å². The second-order valence-corrected chi connectivity index (χ2v) is 5.56. The highest BCUT2D eigenvalue weighted by Gasteiger charge is 2.03.